The van der Waals surface area contributed by atoms with E-state index in [9.17, 15) is 9.90 Å². The highest BCUT2D eigenvalue weighted by Gasteiger charge is 2.37. The molecule has 7 nitrogen and oxygen atoms in total. The molecule has 2 heterocycles. The van der Waals surface area contributed by atoms with E-state index in [-0.39, 0.29) is 11.9 Å². The van der Waals surface area contributed by atoms with Crippen molar-refractivity contribution in [1.82, 2.24) is 20.6 Å². The summed E-state index contributed by atoms with van der Waals surface area (Å²) in [4.78, 5) is 12.6. The summed E-state index contributed by atoms with van der Waals surface area (Å²) in [6, 6.07) is 0. The fourth-order valence-electron chi connectivity index (χ4n) is 1.15. The Bertz CT molecular complexity index is 400. The van der Waals surface area contributed by atoms with Crippen LogP contribution in [0.2, 0.25) is 0 Å². The predicted octanol–water partition coefficient (Wildman–Crippen LogP) is -0.466. The fraction of sp³-hybridized carbons (Fsp3) is 0.333. The van der Waals surface area contributed by atoms with Crippen molar-refractivity contribution < 1.29 is 9.90 Å². The zero-order chi connectivity index (χ0) is 10.3. The van der Waals surface area contributed by atoms with Crippen molar-refractivity contribution in [2.45, 2.75) is 13.2 Å². The lowest BCUT2D eigenvalue weighted by molar-refractivity contribution is -0.115. The van der Waals surface area contributed by atoms with Crippen molar-refractivity contribution in [3.63, 3.8) is 0 Å². The van der Waals surface area contributed by atoms with Crippen LogP contribution in [0.25, 0.3) is 0 Å². The lowest BCUT2D eigenvalue weighted by atomic mass is 10.3. The van der Waals surface area contributed by atoms with Gasteiger partial charge in [0.15, 0.2) is 6.23 Å². The summed E-state index contributed by atoms with van der Waals surface area (Å²) in [5, 5.41) is 22.4. The van der Waals surface area contributed by atoms with Gasteiger partial charge in [-0.25, -0.2) is 4.90 Å². The molecular weight excluding hydrogens is 254 g/mol. The number of nitrogens with zero attached hydrogens (tertiary/aromatic N) is 4. The maximum Gasteiger partial charge on any atom is 0.275 e. The molecule has 1 aliphatic heterocycles. The molecule has 0 radical (unpaired) electrons. The van der Waals surface area contributed by atoms with E-state index in [2.05, 4.69) is 36.6 Å². The van der Waals surface area contributed by atoms with Gasteiger partial charge < -0.3 is 5.11 Å². The summed E-state index contributed by atoms with van der Waals surface area (Å²) in [6.07, 6.45) is -1.03. The number of rotatable bonds is 1. The highest BCUT2D eigenvalue weighted by molar-refractivity contribution is 9.12. The standard InChI is InChI=1S/C6H6BrN5O2/c1-2-3(7)5(14)12(4(2)13)6-8-10-11-9-6/h4,13H,1H3,(H,8,9,10,11). The zero-order valence-corrected chi connectivity index (χ0v) is 8.69. The summed E-state index contributed by atoms with van der Waals surface area (Å²) < 4.78 is 0.329. The normalized spacial score (nSPS) is 22.4. The van der Waals surface area contributed by atoms with Crippen molar-refractivity contribution >= 4 is 27.8 Å². The summed E-state index contributed by atoms with van der Waals surface area (Å²) in [5.74, 6) is -0.326. The maximum atomic E-state index is 11.6. The minimum atomic E-state index is -1.03. The number of hydrogen-bond donors (Lipinski definition) is 2. The quantitative estimate of drug-likeness (QED) is 0.712. The van der Waals surface area contributed by atoms with E-state index in [0.29, 0.717) is 10.1 Å². The molecule has 74 valence electrons. The van der Waals surface area contributed by atoms with Crippen molar-refractivity contribution in [2.75, 3.05) is 4.90 Å². The molecule has 2 rings (SSSR count). The Morgan fingerprint density at radius 3 is 2.79 bits per heavy atom. The van der Waals surface area contributed by atoms with E-state index in [1.165, 1.54) is 0 Å². The molecule has 1 aromatic rings. The van der Waals surface area contributed by atoms with Crippen molar-refractivity contribution in [3.8, 4) is 0 Å². The average Bonchev–Trinajstić information content (AvgIpc) is 2.73. The number of halogens is 1. The first-order chi connectivity index (χ1) is 6.63. The van der Waals surface area contributed by atoms with Crippen LogP contribution in [0.4, 0.5) is 5.95 Å². The number of anilines is 1. The topological polar surface area (TPSA) is 95.0 Å². The molecule has 0 aromatic carbocycles. The van der Waals surface area contributed by atoms with Crippen LogP contribution in [0.3, 0.4) is 0 Å². The van der Waals surface area contributed by atoms with Crippen LogP contribution >= 0.6 is 15.9 Å². The van der Waals surface area contributed by atoms with E-state index in [1.807, 2.05) is 0 Å². The smallest absolute Gasteiger partial charge is 0.275 e. The van der Waals surface area contributed by atoms with E-state index >= 15 is 0 Å². The molecule has 8 heteroatoms. The van der Waals surface area contributed by atoms with E-state index < -0.39 is 6.23 Å². The lowest BCUT2D eigenvalue weighted by Crippen LogP contribution is -2.35. The second-order valence-corrected chi connectivity index (χ2v) is 3.55. The molecule has 1 atom stereocenters. The fourth-order valence-corrected chi connectivity index (χ4v) is 1.55. The Labute approximate surface area is 86.9 Å². The third-order valence-electron chi connectivity index (χ3n) is 1.93. The van der Waals surface area contributed by atoms with Gasteiger partial charge in [0.25, 0.3) is 11.9 Å². The second kappa shape index (κ2) is 3.14. The maximum absolute atomic E-state index is 11.6. The van der Waals surface area contributed by atoms with Gasteiger partial charge in [0.05, 0.1) is 4.48 Å². The molecule has 1 aliphatic rings. The number of H-pyrrole nitrogens is 1. The monoisotopic (exact) mass is 259 g/mol. The molecule has 1 amide bonds. The highest BCUT2D eigenvalue weighted by atomic mass is 79.9. The number of nitrogens with one attached hydrogen (secondary N) is 1. The van der Waals surface area contributed by atoms with Gasteiger partial charge in [0, 0.05) is 0 Å². The van der Waals surface area contributed by atoms with Gasteiger partial charge in [-0.05, 0) is 33.6 Å². The summed E-state index contributed by atoms with van der Waals surface area (Å²) in [5.41, 5.74) is 0.528. The van der Waals surface area contributed by atoms with Gasteiger partial charge in [0.1, 0.15) is 0 Å². The molecule has 2 N–H and O–H groups in total. The number of carbonyl (C=O) groups is 1. The molecule has 1 unspecified atom stereocenters. The first-order valence-corrected chi connectivity index (χ1v) is 4.53. The second-order valence-electron chi connectivity index (χ2n) is 2.76. The molecule has 0 saturated carbocycles. The molecule has 1 aromatic heterocycles. The Kier molecular flexibility index (Phi) is 2.08. The SMILES string of the molecule is CC1=C(Br)C(=O)N(c2nn[nH]n2)C1O. The third kappa shape index (κ3) is 1.15. The molecule has 14 heavy (non-hydrogen) atoms. The lowest BCUT2D eigenvalue weighted by Gasteiger charge is -2.16. The van der Waals surface area contributed by atoms with Crippen molar-refractivity contribution in [3.05, 3.63) is 10.1 Å². The summed E-state index contributed by atoms with van der Waals surface area (Å²) >= 11 is 3.08. The number of hydrogen-bond acceptors (Lipinski definition) is 5. The van der Waals surface area contributed by atoms with E-state index in [4.69, 9.17) is 0 Å². The van der Waals surface area contributed by atoms with Crippen LogP contribution in [0, 0.1) is 0 Å². The van der Waals surface area contributed by atoms with Crippen LogP contribution < -0.4 is 4.90 Å². The average molecular weight is 260 g/mol. The first-order valence-electron chi connectivity index (χ1n) is 3.74. The number of aliphatic hydroxyl groups is 1. The Balaban J connectivity index is 2.39. The van der Waals surface area contributed by atoms with Gasteiger partial charge in [0.2, 0.25) is 0 Å². The van der Waals surface area contributed by atoms with Crippen LogP contribution in [-0.2, 0) is 4.79 Å². The van der Waals surface area contributed by atoms with Crippen molar-refractivity contribution in [1.29, 1.82) is 0 Å². The predicted molar refractivity (Wildman–Crippen MR) is 49.3 cm³/mol. The van der Waals surface area contributed by atoms with Gasteiger partial charge in [-0.15, -0.1) is 5.10 Å². The highest BCUT2D eigenvalue weighted by Crippen LogP contribution is 2.30. The van der Waals surface area contributed by atoms with Gasteiger partial charge in [-0.3, -0.25) is 4.79 Å². The molecule has 0 spiro atoms. The zero-order valence-electron chi connectivity index (χ0n) is 7.10. The molecule has 0 saturated heterocycles. The van der Waals surface area contributed by atoms with E-state index in [0.717, 1.165) is 4.90 Å². The van der Waals surface area contributed by atoms with Crippen LogP contribution in [-0.4, -0.2) is 37.9 Å². The Morgan fingerprint density at radius 1 is 1.64 bits per heavy atom. The van der Waals surface area contributed by atoms with Crippen LogP contribution in [0.15, 0.2) is 10.1 Å². The molecule has 0 aliphatic carbocycles. The molecule has 0 bridgehead atoms. The van der Waals surface area contributed by atoms with Crippen LogP contribution in [0.1, 0.15) is 6.92 Å². The molecule has 0 fully saturated rings. The van der Waals surface area contributed by atoms with Crippen molar-refractivity contribution in [2.24, 2.45) is 0 Å². The number of aromatic nitrogens is 4. The third-order valence-corrected chi connectivity index (χ3v) is 2.90. The van der Waals surface area contributed by atoms with Gasteiger partial charge in [-0.1, -0.05) is 5.10 Å². The number of aliphatic hydroxyl groups excluding tert-OH is 1. The van der Waals surface area contributed by atoms with E-state index in [1.54, 1.807) is 6.92 Å². The van der Waals surface area contributed by atoms with Gasteiger partial charge >= 0.3 is 0 Å². The summed E-state index contributed by atoms with van der Waals surface area (Å²) in [6.45, 7) is 1.65. The summed E-state index contributed by atoms with van der Waals surface area (Å²) in [7, 11) is 0. The van der Waals surface area contributed by atoms with Gasteiger partial charge in [-0.2, -0.15) is 5.21 Å². The Morgan fingerprint density at radius 2 is 2.36 bits per heavy atom. The number of aromatic amines is 1. The largest absolute Gasteiger partial charge is 0.369 e. The molecular formula is C6H6BrN5O2. The Hall–Kier alpha value is -1.28. The number of amides is 1. The minimum Gasteiger partial charge on any atom is -0.369 e. The first kappa shape index (κ1) is 9.28. The number of tetrazole rings is 1. The minimum absolute atomic E-state index is 0.0521. The van der Waals surface area contributed by atoms with Crippen LogP contribution in [0.5, 0.6) is 0 Å². The number of carbonyl (C=O) groups excluding carboxylic acids is 1.